The van der Waals surface area contributed by atoms with E-state index >= 15 is 0 Å². The van der Waals surface area contributed by atoms with Crippen LogP contribution in [0.25, 0.3) is 0 Å². The molecule has 0 aromatic carbocycles. The number of nitrogens with zero attached hydrogens (tertiary/aromatic N) is 1. The Hall–Kier alpha value is -0.150. The second-order valence-electron chi connectivity index (χ2n) is 3.46. The van der Waals surface area contributed by atoms with Crippen molar-refractivity contribution in [1.82, 2.24) is 4.90 Å². The summed E-state index contributed by atoms with van der Waals surface area (Å²) in [6.45, 7) is 5.30. The number of piperidine rings is 1. The van der Waals surface area contributed by atoms with Crippen LogP contribution in [-0.4, -0.2) is 41.4 Å². The van der Waals surface area contributed by atoms with Crippen LogP contribution in [-0.2, 0) is 0 Å². The van der Waals surface area contributed by atoms with E-state index in [9.17, 15) is 4.39 Å². The molecule has 0 aromatic rings. The van der Waals surface area contributed by atoms with Gasteiger partial charge in [0.25, 0.3) is 0 Å². The Morgan fingerprint density at radius 1 is 1.55 bits per heavy atom. The van der Waals surface area contributed by atoms with E-state index in [-0.39, 0.29) is 0 Å². The number of aliphatic hydroxyl groups excluding tert-OH is 1. The summed E-state index contributed by atoms with van der Waals surface area (Å²) >= 11 is 0. The first-order chi connectivity index (χ1) is 5.11. The summed E-state index contributed by atoms with van der Waals surface area (Å²) in [6.07, 6.45) is -1.21. The Labute approximate surface area is 67.0 Å². The molecule has 11 heavy (non-hydrogen) atoms. The highest BCUT2D eigenvalue weighted by atomic mass is 19.1. The maximum absolute atomic E-state index is 12.9. The average Bonchev–Trinajstić information content (AvgIpc) is 1.94. The number of aliphatic hydroxyl groups is 1. The molecule has 1 saturated heterocycles. The van der Waals surface area contributed by atoms with Gasteiger partial charge in [-0.2, -0.15) is 0 Å². The van der Waals surface area contributed by atoms with E-state index in [2.05, 4.69) is 4.90 Å². The topological polar surface area (TPSA) is 23.5 Å². The predicted octanol–water partition coefficient (Wildman–Crippen LogP) is 0.800. The van der Waals surface area contributed by atoms with Crippen LogP contribution in [0.3, 0.4) is 0 Å². The maximum Gasteiger partial charge on any atom is 0.139 e. The van der Waals surface area contributed by atoms with E-state index < -0.39 is 12.3 Å². The summed E-state index contributed by atoms with van der Waals surface area (Å²) in [6, 6.07) is 0.390. The predicted molar refractivity (Wildman–Crippen MR) is 42.2 cm³/mol. The molecule has 2 nitrogen and oxygen atoms in total. The van der Waals surface area contributed by atoms with Gasteiger partial charge in [-0.05, 0) is 20.3 Å². The molecule has 1 N–H and O–H groups in total. The average molecular weight is 161 g/mol. The van der Waals surface area contributed by atoms with Crippen LogP contribution in [0.4, 0.5) is 4.39 Å². The van der Waals surface area contributed by atoms with Gasteiger partial charge < -0.3 is 5.11 Å². The van der Waals surface area contributed by atoms with Crippen molar-refractivity contribution in [2.45, 2.75) is 38.6 Å². The molecule has 0 aromatic heterocycles. The molecular weight excluding hydrogens is 145 g/mol. The Morgan fingerprint density at radius 2 is 2.18 bits per heavy atom. The van der Waals surface area contributed by atoms with Crippen molar-refractivity contribution in [2.24, 2.45) is 0 Å². The molecule has 0 bridgehead atoms. The fourth-order valence-electron chi connectivity index (χ4n) is 1.38. The van der Waals surface area contributed by atoms with Gasteiger partial charge in [-0.1, -0.05) is 0 Å². The Morgan fingerprint density at radius 3 is 2.64 bits per heavy atom. The van der Waals surface area contributed by atoms with Gasteiger partial charge in [0.2, 0.25) is 0 Å². The van der Waals surface area contributed by atoms with Crippen molar-refractivity contribution in [1.29, 1.82) is 0 Å². The third kappa shape index (κ3) is 2.14. The number of rotatable bonds is 1. The first kappa shape index (κ1) is 8.94. The second-order valence-corrected chi connectivity index (χ2v) is 3.46. The summed E-state index contributed by atoms with van der Waals surface area (Å²) in [5.41, 5.74) is 0. The van der Waals surface area contributed by atoms with Crippen LogP contribution in [0.2, 0.25) is 0 Å². The first-order valence-electron chi connectivity index (χ1n) is 4.17. The fraction of sp³-hybridized carbons (Fsp3) is 1.00. The van der Waals surface area contributed by atoms with Crippen molar-refractivity contribution in [3.05, 3.63) is 0 Å². The summed E-state index contributed by atoms with van der Waals surface area (Å²) in [5.74, 6) is 0. The van der Waals surface area contributed by atoms with Crippen molar-refractivity contribution in [3.63, 3.8) is 0 Å². The highest BCUT2D eigenvalue weighted by Gasteiger charge is 2.28. The third-order valence-electron chi connectivity index (χ3n) is 2.27. The Bertz CT molecular complexity index is 129. The van der Waals surface area contributed by atoms with Crippen molar-refractivity contribution in [2.75, 3.05) is 13.1 Å². The lowest BCUT2D eigenvalue weighted by Crippen LogP contribution is -2.47. The van der Waals surface area contributed by atoms with Crippen molar-refractivity contribution < 1.29 is 9.50 Å². The van der Waals surface area contributed by atoms with Gasteiger partial charge in [-0.3, -0.25) is 4.90 Å². The van der Waals surface area contributed by atoms with Crippen LogP contribution in [0, 0.1) is 0 Å². The Kier molecular flexibility index (Phi) is 2.84. The minimum Gasteiger partial charge on any atom is -0.390 e. The van der Waals surface area contributed by atoms with E-state index in [4.69, 9.17) is 5.11 Å². The summed E-state index contributed by atoms with van der Waals surface area (Å²) in [7, 11) is 0. The smallest absolute Gasteiger partial charge is 0.139 e. The van der Waals surface area contributed by atoms with E-state index in [1.807, 2.05) is 13.8 Å². The van der Waals surface area contributed by atoms with Gasteiger partial charge in [0.1, 0.15) is 6.17 Å². The van der Waals surface area contributed by atoms with Gasteiger partial charge in [-0.15, -0.1) is 0 Å². The van der Waals surface area contributed by atoms with Crippen LogP contribution in [0.15, 0.2) is 0 Å². The third-order valence-corrected chi connectivity index (χ3v) is 2.27. The van der Waals surface area contributed by atoms with Crippen LogP contribution < -0.4 is 0 Å². The van der Waals surface area contributed by atoms with Gasteiger partial charge in [0.05, 0.1) is 6.10 Å². The molecule has 0 spiro atoms. The molecule has 0 radical (unpaired) electrons. The van der Waals surface area contributed by atoms with Gasteiger partial charge in [-0.25, -0.2) is 4.39 Å². The number of alkyl halides is 1. The molecule has 1 aliphatic rings. The number of hydrogen-bond acceptors (Lipinski definition) is 2. The van der Waals surface area contributed by atoms with Gasteiger partial charge in [0.15, 0.2) is 0 Å². The molecule has 1 heterocycles. The van der Waals surface area contributed by atoms with E-state index in [1.54, 1.807) is 0 Å². The lowest BCUT2D eigenvalue weighted by Gasteiger charge is -2.34. The van der Waals surface area contributed by atoms with E-state index in [0.29, 0.717) is 19.0 Å². The zero-order valence-electron chi connectivity index (χ0n) is 7.13. The molecular formula is C8H16FNO. The molecule has 2 atom stereocenters. The van der Waals surface area contributed by atoms with E-state index in [0.717, 1.165) is 6.54 Å². The molecule has 0 unspecified atom stereocenters. The van der Waals surface area contributed by atoms with Crippen molar-refractivity contribution in [3.8, 4) is 0 Å². The fourth-order valence-corrected chi connectivity index (χ4v) is 1.38. The molecule has 1 rings (SSSR count). The molecule has 3 heteroatoms. The monoisotopic (exact) mass is 161 g/mol. The highest BCUT2D eigenvalue weighted by molar-refractivity contribution is 4.80. The maximum atomic E-state index is 12.9. The summed E-state index contributed by atoms with van der Waals surface area (Å²) < 4.78 is 12.9. The van der Waals surface area contributed by atoms with Crippen LogP contribution >= 0.6 is 0 Å². The lowest BCUT2D eigenvalue weighted by molar-refractivity contribution is -0.00315. The molecule has 0 aliphatic carbocycles. The number of likely N-dealkylation sites (tertiary alicyclic amines) is 1. The summed E-state index contributed by atoms with van der Waals surface area (Å²) in [5, 5.41) is 9.08. The van der Waals surface area contributed by atoms with Crippen LogP contribution in [0.5, 0.6) is 0 Å². The molecule has 0 saturated carbocycles. The molecule has 1 fully saturated rings. The number of hydrogen-bond donors (Lipinski definition) is 1. The summed E-state index contributed by atoms with van der Waals surface area (Å²) in [4.78, 5) is 2.05. The standard InChI is InChI=1S/C8H16FNO/c1-6(2)10-4-3-8(11)7(9)5-10/h6-8,11H,3-5H2,1-2H3/t7-,8+/m0/s1. The zero-order valence-corrected chi connectivity index (χ0v) is 7.13. The van der Waals surface area contributed by atoms with Crippen molar-refractivity contribution >= 4 is 0 Å². The SMILES string of the molecule is CC(C)N1CC[C@@H](O)[C@@H](F)C1. The minimum atomic E-state index is -1.05. The number of halogens is 1. The lowest BCUT2D eigenvalue weighted by atomic mass is 10.1. The molecule has 66 valence electrons. The normalized spacial score (nSPS) is 34.6. The quantitative estimate of drug-likeness (QED) is 0.615. The molecule has 1 aliphatic heterocycles. The second kappa shape index (κ2) is 3.50. The van der Waals surface area contributed by atoms with Gasteiger partial charge in [0, 0.05) is 19.1 Å². The highest BCUT2D eigenvalue weighted by Crippen LogP contribution is 2.15. The first-order valence-corrected chi connectivity index (χ1v) is 4.17. The van der Waals surface area contributed by atoms with Crippen LogP contribution in [0.1, 0.15) is 20.3 Å². The Balaban J connectivity index is 2.40. The van der Waals surface area contributed by atoms with Gasteiger partial charge >= 0.3 is 0 Å². The molecule has 0 amide bonds. The minimum absolute atomic E-state index is 0.388. The zero-order chi connectivity index (χ0) is 8.43. The van der Waals surface area contributed by atoms with E-state index in [1.165, 1.54) is 0 Å². The largest absolute Gasteiger partial charge is 0.390 e.